The third-order valence-electron chi connectivity index (χ3n) is 4.85. The van der Waals surface area contributed by atoms with Crippen LogP contribution in [-0.4, -0.2) is 29.9 Å². The molecule has 1 aliphatic carbocycles. The number of rotatable bonds is 1. The lowest BCUT2D eigenvalue weighted by Gasteiger charge is -2.29. The largest absolute Gasteiger partial charge is 0.338 e. The first-order valence-electron chi connectivity index (χ1n) is 7.37. The summed E-state index contributed by atoms with van der Waals surface area (Å²) in [6.45, 7) is 3.24. The van der Waals surface area contributed by atoms with Crippen LogP contribution in [0.3, 0.4) is 0 Å². The van der Waals surface area contributed by atoms with Crippen LogP contribution in [0.15, 0.2) is 18.2 Å². The summed E-state index contributed by atoms with van der Waals surface area (Å²) >= 11 is 0. The summed E-state index contributed by atoms with van der Waals surface area (Å²) in [6.07, 6.45) is 3.41. The van der Waals surface area contributed by atoms with Crippen molar-refractivity contribution in [1.29, 1.82) is 0 Å². The normalized spacial score (nSPS) is 28.0. The number of fused-ring (bicyclic) bond motifs is 1. The molecule has 21 heavy (non-hydrogen) atoms. The Morgan fingerprint density at radius 3 is 2.76 bits per heavy atom. The zero-order chi connectivity index (χ0) is 14.3. The first-order valence-corrected chi connectivity index (χ1v) is 7.37. The van der Waals surface area contributed by atoms with E-state index < -0.39 is 0 Å². The Hall–Kier alpha value is -1.13. The van der Waals surface area contributed by atoms with Gasteiger partial charge in [0, 0.05) is 24.7 Å². The van der Waals surface area contributed by atoms with Crippen molar-refractivity contribution < 1.29 is 9.18 Å². The Bertz CT molecular complexity index is 537. The number of aryl methyl sites for hydroxylation is 1. The Labute approximate surface area is 131 Å². The average Bonchev–Trinajstić information content (AvgIpc) is 2.86. The number of nitrogens with zero attached hydrogens (tertiary/aromatic N) is 1. The van der Waals surface area contributed by atoms with Gasteiger partial charge < -0.3 is 10.6 Å². The van der Waals surface area contributed by atoms with Crippen LogP contribution in [0.25, 0.3) is 0 Å². The molecular weight excluding hydrogens is 291 g/mol. The fourth-order valence-electron chi connectivity index (χ4n) is 3.64. The number of carbonyl (C=O) groups is 1. The predicted octanol–water partition coefficient (Wildman–Crippen LogP) is 2.76. The van der Waals surface area contributed by atoms with E-state index in [9.17, 15) is 9.18 Å². The van der Waals surface area contributed by atoms with Gasteiger partial charge in [0.15, 0.2) is 0 Å². The van der Waals surface area contributed by atoms with Crippen molar-refractivity contribution in [3.63, 3.8) is 0 Å². The molecule has 1 saturated heterocycles. The van der Waals surface area contributed by atoms with Gasteiger partial charge in [0.25, 0.3) is 5.91 Å². The summed E-state index contributed by atoms with van der Waals surface area (Å²) in [6, 6.07) is 4.81. The average molecular weight is 313 g/mol. The van der Waals surface area contributed by atoms with Crippen molar-refractivity contribution in [2.24, 2.45) is 17.6 Å². The standard InChI is InChI=1S/C16H21FN2O.ClH/c1-10-7-11(5-6-14(10)17)16(20)19-8-12-3-2-4-15(18)13(12)9-19;/h5-7,12-13,15H,2-4,8-9,18H2,1H3;1H. The second-order valence-electron chi connectivity index (χ2n) is 6.19. The summed E-state index contributed by atoms with van der Waals surface area (Å²) in [7, 11) is 0. The Kier molecular flexibility index (Phi) is 4.89. The van der Waals surface area contributed by atoms with Gasteiger partial charge in [-0.2, -0.15) is 0 Å². The van der Waals surface area contributed by atoms with E-state index in [-0.39, 0.29) is 30.2 Å². The molecule has 2 aliphatic rings. The van der Waals surface area contributed by atoms with Gasteiger partial charge in [0.2, 0.25) is 0 Å². The van der Waals surface area contributed by atoms with E-state index in [4.69, 9.17) is 5.73 Å². The number of hydrogen-bond acceptors (Lipinski definition) is 2. The van der Waals surface area contributed by atoms with Crippen LogP contribution in [0.2, 0.25) is 0 Å². The molecular formula is C16H22ClFN2O. The zero-order valence-corrected chi connectivity index (χ0v) is 13.0. The van der Waals surface area contributed by atoms with E-state index in [0.29, 0.717) is 23.0 Å². The number of nitrogens with two attached hydrogens (primary N) is 1. The molecule has 0 aromatic heterocycles. The fraction of sp³-hybridized carbons (Fsp3) is 0.562. The molecule has 0 bridgehead atoms. The number of amides is 1. The maximum atomic E-state index is 13.3. The molecule has 2 N–H and O–H groups in total. The molecule has 116 valence electrons. The molecule has 3 rings (SSSR count). The van der Waals surface area contributed by atoms with Crippen molar-refractivity contribution in [3.05, 3.63) is 35.1 Å². The maximum absolute atomic E-state index is 13.3. The highest BCUT2D eigenvalue weighted by atomic mass is 35.5. The van der Waals surface area contributed by atoms with E-state index in [1.807, 2.05) is 4.90 Å². The minimum atomic E-state index is -0.265. The van der Waals surface area contributed by atoms with Crippen molar-refractivity contribution >= 4 is 18.3 Å². The summed E-state index contributed by atoms with van der Waals surface area (Å²) in [4.78, 5) is 14.4. The van der Waals surface area contributed by atoms with Gasteiger partial charge in [0.1, 0.15) is 5.82 Å². The van der Waals surface area contributed by atoms with E-state index in [1.54, 1.807) is 19.1 Å². The number of benzene rings is 1. The van der Waals surface area contributed by atoms with Crippen LogP contribution in [0.1, 0.15) is 35.2 Å². The van der Waals surface area contributed by atoms with Gasteiger partial charge in [-0.15, -0.1) is 12.4 Å². The van der Waals surface area contributed by atoms with Gasteiger partial charge in [0.05, 0.1) is 0 Å². The van der Waals surface area contributed by atoms with Gasteiger partial charge in [-0.25, -0.2) is 4.39 Å². The minimum absolute atomic E-state index is 0. The highest BCUT2D eigenvalue weighted by Gasteiger charge is 2.40. The second-order valence-corrected chi connectivity index (χ2v) is 6.19. The Morgan fingerprint density at radius 2 is 2.10 bits per heavy atom. The maximum Gasteiger partial charge on any atom is 0.253 e. The van der Waals surface area contributed by atoms with Crippen molar-refractivity contribution in [1.82, 2.24) is 4.90 Å². The summed E-state index contributed by atoms with van der Waals surface area (Å²) in [5, 5.41) is 0. The van der Waals surface area contributed by atoms with Gasteiger partial charge >= 0.3 is 0 Å². The second kappa shape index (κ2) is 6.32. The Morgan fingerprint density at radius 1 is 1.33 bits per heavy atom. The van der Waals surface area contributed by atoms with Crippen molar-refractivity contribution in [2.45, 2.75) is 32.2 Å². The predicted molar refractivity (Wildman–Crippen MR) is 83.1 cm³/mol. The van der Waals surface area contributed by atoms with Gasteiger partial charge in [-0.3, -0.25) is 4.79 Å². The lowest BCUT2D eigenvalue weighted by molar-refractivity contribution is 0.0783. The molecule has 0 radical (unpaired) electrons. The molecule has 1 amide bonds. The first kappa shape index (κ1) is 16.2. The first-order chi connectivity index (χ1) is 9.56. The Balaban J connectivity index is 0.00000161. The molecule has 1 heterocycles. The summed E-state index contributed by atoms with van der Waals surface area (Å²) < 4.78 is 13.3. The van der Waals surface area contributed by atoms with Crippen LogP contribution >= 0.6 is 12.4 Å². The third-order valence-corrected chi connectivity index (χ3v) is 4.85. The van der Waals surface area contributed by atoms with Crippen LogP contribution in [-0.2, 0) is 0 Å². The molecule has 1 aromatic carbocycles. The third kappa shape index (κ3) is 3.06. The van der Waals surface area contributed by atoms with E-state index in [1.165, 1.54) is 18.9 Å². The van der Waals surface area contributed by atoms with Crippen LogP contribution in [0.4, 0.5) is 4.39 Å². The van der Waals surface area contributed by atoms with Gasteiger partial charge in [-0.1, -0.05) is 6.42 Å². The van der Waals surface area contributed by atoms with Crippen LogP contribution < -0.4 is 5.73 Å². The molecule has 1 saturated carbocycles. The lowest BCUT2D eigenvalue weighted by Crippen LogP contribution is -2.38. The number of hydrogen-bond donors (Lipinski definition) is 1. The molecule has 3 atom stereocenters. The van der Waals surface area contributed by atoms with E-state index in [0.717, 1.165) is 19.5 Å². The van der Waals surface area contributed by atoms with E-state index in [2.05, 4.69) is 0 Å². The van der Waals surface area contributed by atoms with Crippen molar-refractivity contribution in [2.75, 3.05) is 13.1 Å². The number of likely N-dealkylation sites (tertiary alicyclic amines) is 1. The molecule has 1 aromatic rings. The molecule has 3 nitrogen and oxygen atoms in total. The number of carbonyl (C=O) groups excluding carboxylic acids is 1. The highest BCUT2D eigenvalue weighted by molar-refractivity contribution is 5.94. The van der Waals surface area contributed by atoms with Crippen molar-refractivity contribution in [3.8, 4) is 0 Å². The smallest absolute Gasteiger partial charge is 0.253 e. The van der Waals surface area contributed by atoms with Gasteiger partial charge in [-0.05, 0) is 55.4 Å². The molecule has 0 spiro atoms. The quantitative estimate of drug-likeness (QED) is 0.866. The van der Waals surface area contributed by atoms with Crippen LogP contribution in [0, 0.1) is 24.6 Å². The molecule has 5 heteroatoms. The topological polar surface area (TPSA) is 46.3 Å². The lowest BCUT2D eigenvalue weighted by atomic mass is 9.78. The zero-order valence-electron chi connectivity index (χ0n) is 12.2. The number of halogens is 2. The summed E-state index contributed by atoms with van der Waals surface area (Å²) in [5.74, 6) is 0.729. The molecule has 1 aliphatic heterocycles. The molecule has 3 unspecified atom stereocenters. The summed E-state index contributed by atoms with van der Waals surface area (Å²) in [5.41, 5.74) is 7.27. The fourth-order valence-corrected chi connectivity index (χ4v) is 3.64. The van der Waals surface area contributed by atoms with Crippen LogP contribution in [0.5, 0.6) is 0 Å². The SMILES string of the molecule is Cc1cc(C(=O)N2CC3CCCC(N)C3C2)ccc1F.Cl. The molecule has 2 fully saturated rings. The highest BCUT2D eigenvalue weighted by Crippen LogP contribution is 2.36. The minimum Gasteiger partial charge on any atom is -0.338 e. The monoisotopic (exact) mass is 312 g/mol. The van der Waals surface area contributed by atoms with E-state index >= 15 is 0 Å².